The molecular weight excluding hydrogens is 298 g/mol. The Morgan fingerprint density at radius 2 is 2.32 bits per heavy atom. The molecule has 0 spiro atoms. The van der Waals surface area contributed by atoms with Gasteiger partial charge in [0.1, 0.15) is 5.75 Å². The third-order valence-electron chi connectivity index (χ3n) is 2.96. The average molecular weight is 312 g/mol. The summed E-state index contributed by atoms with van der Waals surface area (Å²) in [6.07, 6.45) is 0. The molecule has 0 aliphatic rings. The van der Waals surface area contributed by atoms with Crippen LogP contribution in [-0.2, 0) is 0 Å². The van der Waals surface area contributed by atoms with E-state index in [0.717, 1.165) is 21.7 Å². The summed E-state index contributed by atoms with van der Waals surface area (Å²) in [6.45, 7) is 4.78. The number of benzene rings is 1. The first-order valence-corrected chi connectivity index (χ1v) is 8.38. The van der Waals surface area contributed by atoms with Crippen molar-refractivity contribution in [3.05, 3.63) is 22.5 Å². The zero-order chi connectivity index (χ0) is 13.4. The van der Waals surface area contributed by atoms with Crippen molar-refractivity contribution in [3.8, 4) is 5.75 Å². The molecule has 0 amide bonds. The second kappa shape index (κ2) is 5.27. The molecule has 0 N–H and O–H groups in total. The molecule has 0 fully saturated rings. The van der Waals surface area contributed by atoms with Crippen molar-refractivity contribution < 1.29 is 4.74 Å². The van der Waals surface area contributed by atoms with Crippen molar-refractivity contribution in [2.24, 2.45) is 5.92 Å². The fourth-order valence-electron chi connectivity index (χ4n) is 1.98. The zero-order valence-electron chi connectivity index (χ0n) is 10.8. The molecule has 1 aromatic carbocycles. The van der Waals surface area contributed by atoms with Gasteiger partial charge >= 0.3 is 0 Å². The van der Waals surface area contributed by atoms with Gasteiger partial charge in [-0.25, -0.2) is 4.98 Å². The van der Waals surface area contributed by atoms with Gasteiger partial charge in [0.05, 0.1) is 26.5 Å². The van der Waals surface area contributed by atoms with Gasteiger partial charge in [-0.05, 0) is 18.4 Å². The quantitative estimate of drug-likeness (QED) is 0.627. The highest BCUT2D eigenvalue weighted by Crippen LogP contribution is 2.38. The number of halogens is 1. The number of fused-ring (bicyclic) bond motifs is 3. The Labute approximate surface area is 125 Å². The van der Waals surface area contributed by atoms with Gasteiger partial charge in [0.15, 0.2) is 0 Å². The molecule has 5 heteroatoms. The van der Waals surface area contributed by atoms with Crippen LogP contribution in [0.2, 0.25) is 0 Å². The minimum atomic E-state index is 0.356. The SMILES string of the molecule is Cc1nc2c(cc(OCC(C)CCl)c3ccsc32)s1. The predicted octanol–water partition coefficient (Wildman–Crippen LogP) is 5.07. The Balaban J connectivity index is 2.08. The number of thiophene rings is 1. The normalized spacial score (nSPS) is 13.2. The van der Waals surface area contributed by atoms with Gasteiger partial charge in [-0.1, -0.05) is 6.92 Å². The second-order valence-corrected chi connectivity index (χ2v) is 7.15. The van der Waals surface area contributed by atoms with E-state index in [2.05, 4.69) is 29.4 Å². The Bertz CT molecular complexity index is 719. The maximum Gasteiger partial charge on any atom is 0.129 e. The molecule has 0 aliphatic heterocycles. The first-order chi connectivity index (χ1) is 9.19. The van der Waals surface area contributed by atoms with Crippen molar-refractivity contribution in [2.45, 2.75) is 13.8 Å². The number of aryl methyl sites for hydroxylation is 1. The second-order valence-electron chi connectivity index (χ2n) is 4.69. The maximum absolute atomic E-state index is 5.95. The van der Waals surface area contributed by atoms with Gasteiger partial charge < -0.3 is 4.74 Å². The summed E-state index contributed by atoms with van der Waals surface area (Å²) in [4.78, 5) is 4.62. The van der Waals surface area contributed by atoms with Gasteiger partial charge in [-0.2, -0.15) is 0 Å². The van der Waals surface area contributed by atoms with Crippen molar-refractivity contribution in [1.82, 2.24) is 4.98 Å². The number of hydrogen-bond donors (Lipinski definition) is 0. The van der Waals surface area contributed by atoms with E-state index in [4.69, 9.17) is 16.3 Å². The van der Waals surface area contributed by atoms with Crippen molar-refractivity contribution in [2.75, 3.05) is 12.5 Å². The summed E-state index contributed by atoms with van der Waals surface area (Å²) in [7, 11) is 0. The topological polar surface area (TPSA) is 22.1 Å². The number of thiazole rings is 1. The summed E-state index contributed by atoms with van der Waals surface area (Å²) in [5.41, 5.74) is 1.10. The third-order valence-corrected chi connectivity index (χ3v) is 5.32. The molecule has 2 heterocycles. The fourth-order valence-corrected chi connectivity index (χ4v) is 3.91. The lowest BCUT2D eigenvalue weighted by Crippen LogP contribution is -2.09. The molecule has 3 rings (SSSR count). The Morgan fingerprint density at radius 1 is 1.47 bits per heavy atom. The maximum atomic E-state index is 5.95. The highest BCUT2D eigenvalue weighted by atomic mass is 35.5. The lowest BCUT2D eigenvalue weighted by Gasteiger charge is -2.11. The summed E-state index contributed by atoms with van der Waals surface area (Å²) < 4.78 is 8.36. The van der Waals surface area contributed by atoms with Crippen LogP contribution in [0, 0.1) is 12.8 Å². The fraction of sp³-hybridized carbons (Fsp3) is 0.357. The Kier molecular flexibility index (Phi) is 3.65. The summed E-state index contributed by atoms with van der Waals surface area (Å²) >= 11 is 9.26. The Morgan fingerprint density at radius 3 is 3.11 bits per heavy atom. The zero-order valence-corrected chi connectivity index (χ0v) is 13.2. The van der Waals surface area contributed by atoms with E-state index in [1.807, 2.05) is 6.92 Å². The smallest absolute Gasteiger partial charge is 0.129 e. The molecule has 0 saturated carbocycles. The molecule has 1 atom stereocenters. The van der Waals surface area contributed by atoms with Crippen molar-refractivity contribution in [1.29, 1.82) is 0 Å². The number of aromatic nitrogens is 1. The lowest BCUT2D eigenvalue weighted by molar-refractivity contribution is 0.276. The van der Waals surface area contributed by atoms with Crippen LogP contribution in [0.15, 0.2) is 17.5 Å². The molecule has 0 aliphatic carbocycles. The van der Waals surface area contributed by atoms with E-state index >= 15 is 0 Å². The number of alkyl halides is 1. The van der Waals surface area contributed by atoms with Gasteiger partial charge in [0.2, 0.25) is 0 Å². The molecule has 1 unspecified atom stereocenters. The molecule has 2 aromatic heterocycles. The number of rotatable bonds is 4. The predicted molar refractivity (Wildman–Crippen MR) is 85.1 cm³/mol. The number of nitrogens with zero attached hydrogens (tertiary/aromatic N) is 1. The van der Waals surface area contributed by atoms with E-state index < -0.39 is 0 Å². The van der Waals surface area contributed by atoms with Crippen LogP contribution >= 0.6 is 34.3 Å². The van der Waals surface area contributed by atoms with E-state index in [1.165, 1.54) is 9.40 Å². The van der Waals surface area contributed by atoms with Gasteiger partial charge in [0, 0.05) is 23.3 Å². The molecule has 100 valence electrons. The molecule has 0 saturated heterocycles. The van der Waals surface area contributed by atoms with Crippen LogP contribution in [0.3, 0.4) is 0 Å². The molecule has 19 heavy (non-hydrogen) atoms. The summed E-state index contributed by atoms with van der Waals surface area (Å²) in [5, 5.41) is 4.34. The van der Waals surface area contributed by atoms with Crippen LogP contribution in [0.5, 0.6) is 5.75 Å². The van der Waals surface area contributed by atoms with Crippen LogP contribution in [0.25, 0.3) is 20.3 Å². The van der Waals surface area contributed by atoms with Crippen LogP contribution < -0.4 is 4.74 Å². The van der Waals surface area contributed by atoms with Gasteiger partial charge in [0.25, 0.3) is 0 Å². The highest BCUT2D eigenvalue weighted by Gasteiger charge is 2.13. The first-order valence-electron chi connectivity index (χ1n) is 6.15. The molecule has 3 aromatic rings. The molecular formula is C14H14ClNOS2. The molecule has 2 nitrogen and oxygen atoms in total. The van der Waals surface area contributed by atoms with Crippen molar-refractivity contribution >= 4 is 54.6 Å². The third kappa shape index (κ3) is 2.45. The number of hydrogen-bond acceptors (Lipinski definition) is 4. The first kappa shape index (κ1) is 13.2. The van der Waals surface area contributed by atoms with Crippen LogP contribution in [0.4, 0.5) is 0 Å². The van der Waals surface area contributed by atoms with E-state index in [0.29, 0.717) is 18.4 Å². The van der Waals surface area contributed by atoms with Gasteiger partial charge in [-0.3, -0.25) is 0 Å². The van der Waals surface area contributed by atoms with Crippen LogP contribution in [0.1, 0.15) is 11.9 Å². The minimum absolute atomic E-state index is 0.356. The van der Waals surface area contributed by atoms with Crippen molar-refractivity contribution in [3.63, 3.8) is 0 Å². The number of ether oxygens (including phenoxy) is 1. The monoisotopic (exact) mass is 311 g/mol. The largest absolute Gasteiger partial charge is 0.493 e. The molecule has 0 bridgehead atoms. The Hall–Kier alpha value is -0.840. The van der Waals surface area contributed by atoms with E-state index in [-0.39, 0.29) is 0 Å². The van der Waals surface area contributed by atoms with Gasteiger partial charge in [-0.15, -0.1) is 34.3 Å². The minimum Gasteiger partial charge on any atom is -0.493 e. The van der Waals surface area contributed by atoms with E-state index in [9.17, 15) is 0 Å². The lowest BCUT2D eigenvalue weighted by atomic mass is 10.2. The van der Waals surface area contributed by atoms with E-state index in [1.54, 1.807) is 22.7 Å². The highest BCUT2D eigenvalue weighted by molar-refractivity contribution is 7.21. The summed E-state index contributed by atoms with van der Waals surface area (Å²) in [6, 6.07) is 4.21. The van der Waals surface area contributed by atoms with Crippen LogP contribution in [-0.4, -0.2) is 17.5 Å². The standard InChI is InChI=1S/C14H14ClNOS2/c1-8(6-15)7-17-11-5-12-13(16-9(2)19-12)14-10(11)3-4-18-14/h3-5,8H,6-7H2,1-2H3. The average Bonchev–Trinajstić information content (AvgIpc) is 3.00. The molecule has 0 radical (unpaired) electrons. The summed E-state index contributed by atoms with van der Waals surface area (Å²) in [5.74, 6) is 1.92.